The first kappa shape index (κ1) is 28.4. The van der Waals surface area contributed by atoms with Crippen molar-refractivity contribution in [1.29, 1.82) is 5.26 Å². The topological polar surface area (TPSA) is 132 Å². The predicted molar refractivity (Wildman–Crippen MR) is 151 cm³/mol. The number of nitrogens with two attached hydrogens (primary N) is 1. The Hall–Kier alpha value is -4.58. The van der Waals surface area contributed by atoms with Gasteiger partial charge in [-0.05, 0) is 38.7 Å². The lowest BCUT2D eigenvalue weighted by Gasteiger charge is -2.19. The van der Waals surface area contributed by atoms with Crippen LogP contribution in [0.25, 0.3) is 11.0 Å². The van der Waals surface area contributed by atoms with Crippen LogP contribution in [0.4, 0.5) is 5.82 Å². The Kier molecular flexibility index (Phi) is 8.90. The number of likely N-dealkylation sites (N-methyl/N-ethyl adjacent to an activating group) is 1. The molecule has 0 bridgehead atoms. The van der Waals surface area contributed by atoms with Crippen LogP contribution < -0.4 is 15.2 Å². The molecule has 1 amide bonds. The number of nitrogens with zero attached hydrogens (tertiary/aromatic N) is 6. The number of hydrogen-bond acceptors (Lipinski definition) is 9. The third kappa shape index (κ3) is 5.86. The van der Waals surface area contributed by atoms with Crippen molar-refractivity contribution in [2.24, 2.45) is 0 Å². The minimum Gasteiger partial charge on any atom is -0.497 e. The number of nitriles is 1. The Morgan fingerprint density at radius 2 is 1.90 bits per heavy atom. The monoisotopic (exact) mass is 543 g/mol. The Balaban J connectivity index is 1.77. The zero-order valence-corrected chi connectivity index (χ0v) is 23.4. The van der Waals surface area contributed by atoms with E-state index in [2.05, 4.69) is 32.4 Å². The minimum absolute atomic E-state index is 0.118. The summed E-state index contributed by atoms with van der Waals surface area (Å²) in [6.45, 7) is 1.66. The summed E-state index contributed by atoms with van der Waals surface area (Å²) in [4.78, 5) is 25.5. The first-order chi connectivity index (χ1) is 19.3. The molecule has 1 fully saturated rings. The number of amides is 1. The van der Waals surface area contributed by atoms with E-state index in [1.54, 1.807) is 38.4 Å². The molecule has 0 aliphatic carbocycles. The van der Waals surface area contributed by atoms with Gasteiger partial charge in [0.25, 0.3) is 5.91 Å². The fourth-order valence-electron chi connectivity index (χ4n) is 4.79. The van der Waals surface area contributed by atoms with Gasteiger partial charge in [0, 0.05) is 38.4 Å². The number of fused-ring (bicyclic) bond motifs is 1. The Labute approximate surface area is 233 Å². The maximum atomic E-state index is 13.2. The van der Waals surface area contributed by atoms with Gasteiger partial charge in [-0.1, -0.05) is 11.8 Å². The molecule has 1 unspecified atom stereocenters. The lowest BCUT2D eigenvalue weighted by atomic mass is 10.1. The summed E-state index contributed by atoms with van der Waals surface area (Å²) < 4.78 is 18.4. The quantitative estimate of drug-likeness (QED) is 0.258. The Morgan fingerprint density at radius 1 is 1.18 bits per heavy atom. The smallest absolute Gasteiger partial charge is 0.264 e. The molecule has 0 saturated carbocycles. The Morgan fingerprint density at radius 3 is 2.52 bits per heavy atom. The van der Waals surface area contributed by atoms with E-state index in [0.717, 1.165) is 5.69 Å². The average Bonchev–Trinajstić information content (AvgIpc) is 3.55. The zero-order chi connectivity index (χ0) is 28.8. The molecule has 11 nitrogen and oxygen atoms in total. The van der Waals surface area contributed by atoms with Crippen LogP contribution in [0.15, 0.2) is 36.2 Å². The van der Waals surface area contributed by atoms with E-state index in [-0.39, 0.29) is 24.1 Å². The van der Waals surface area contributed by atoms with E-state index in [4.69, 9.17) is 19.9 Å². The number of hydrogen-bond donors (Lipinski definition) is 1. The fourth-order valence-corrected chi connectivity index (χ4v) is 4.79. The molecule has 3 heterocycles. The van der Waals surface area contributed by atoms with E-state index >= 15 is 0 Å². The second kappa shape index (κ2) is 12.5. The number of benzene rings is 1. The van der Waals surface area contributed by atoms with Crippen LogP contribution in [0.5, 0.6) is 11.5 Å². The van der Waals surface area contributed by atoms with Gasteiger partial charge in [-0.2, -0.15) is 5.26 Å². The molecule has 11 heteroatoms. The third-order valence-electron chi connectivity index (χ3n) is 6.71. The van der Waals surface area contributed by atoms with E-state index in [0.29, 0.717) is 65.5 Å². The van der Waals surface area contributed by atoms with Crippen molar-refractivity contribution < 1.29 is 19.0 Å². The van der Waals surface area contributed by atoms with Gasteiger partial charge in [0.1, 0.15) is 40.9 Å². The second-order valence-corrected chi connectivity index (χ2v) is 9.62. The Bertz CT molecular complexity index is 1520. The number of anilines is 1. The van der Waals surface area contributed by atoms with E-state index in [1.165, 1.54) is 6.33 Å². The van der Waals surface area contributed by atoms with Gasteiger partial charge in [0.05, 0.1) is 43.5 Å². The van der Waals surface area contributed by atoms with Crippen molar-refractivity contribution in [1.82, 2.24) is 24.3 Å². The highest BCUT2D eigenvalue weighted by Crippen LogP contribution is 2.35. The highest BCUT2D eigenvalue weighted by molar-refractivity contribution is 5.97. The summed E-state index contributed by atoms with van der Waals surface area (Å²) in [5.74, 6) is 7.75. The van der Waals surface area contributed by atoms with Crippen LogP contribution >= 0.6 is 0 Å². The standard InChI is InChI=1S/C29H33N7O4/c1-34(2)10-8-20(15-30)29(37)35-11-9-21(16-35)36-25(17-38-3)24(26-27(31)32-18-33-28(26)36)7-6-19-12-22(39-4)14-23(13-19)40-5/h8,12-14,18,21H,9-11,16-17H2,1-5H3,(H2,31,32,33). The number of ether oxygens (including phenoxy) is 3. The van der Waals surface area contributed by atoms with Gasteiger partial charge >= 0.3 is 0 Å². The van der Waals surface area contributed by atoms with Crippen molar-refractivity contribution in [2.45, 2.75) is 19.1 Å². The molecule has 1 atom stereocenters. The highest BCUT2D eigenvalue weighted by Gasteiger charge is 2.33. The molecule has 2 N–H and O–H groups in total. The molecular weight excluding hydrogens is 510 g/mol. The molecule has 2 aromatic heterocycles. The molecule has 1 aromatic carbocycles. The van der Waals surface area contributed by atoms with Gasteiger partial charge in [-0.3, -0.25) is 4.79 Å². The molecule has 4 rings (SSSR count). The van der Waals surface area contributed by atoms with Crippen LogP contribution in [0, 0.1) is 23.2 Å². The summed E-state index contributed by atoms with van der Waals surface area (Å²) in [6, 6.07) is 7.35. The van der Waals surface area contributed by atoms with E-state index < -0.39 is 0 Å². The zero-order valence-electron chi connectivity index (χ0n) is 23.4. The normalized spacial score (nSPS) is 15.2. The molecule has 1 aliphatic heterocycles. The number of aromatic nitrogens is 3. The number of rotatable bonds is 8. The number of methoxy groups -OCH3 is 3. The van der Waals surface area contributed by atoms with E-state index in [9.17, 15) is 10.1 Å². The van der Waals surface area contributed by atoms with Crippen LogP contribution in [-0.2, 0) is 16.1 Å². The van der Waals surface area contributed by atoms with Crippen LogP contribution in [0.1, 0.15) is 29.3 Å². The van der Waals surface area contributed by atoms with Gasteiger partial charge < -0.3 is 34.3 Å². The SMILES string of the molecule is COCc1c(C#Cc2cc(OC)cc(OC)c2)c2c(N)ncnc2n1C1CCN(C(=O)C(C#N)=CCN(C)C)C1. The van der Waals surface area contributed by atoms with E-state index in [1.807, 2.05) is 31.1 Å². The fraction of sp³-hybridized carbons (Fsp3) is 0.379. The number of likely N-dealkylation sites (tertiary alicyclic amines) is 1. The van der Waals surface area contributed by atoms with Gasteiger partial charge in [-0.15, -0.1) is 0 Å². The maximum absolute atomic E-state index is 13.2. The summed E-state index contributed by atoms with van der Waals surface area (Å²) in [6.07, 6.45) is 3.75. The minimum atomic E-state index is -0.280. The van der Waals surface area contributed by atoms with Gasteiger partial charge in [-0.25, -0.2) is 9.97 Å². The maximum Gasteiger partial charge on any atom is 0.264 e. The molecule has 0 spiro atoms. The van der Waals surface area contributed by atoms with Crippen LogP contribution in [0.3, 0.4) is 0 Å². The number of carbonyl (C=O) groups is 1. The second-order valence-electron chi connectivity index (χ2n) is 9.62. The first-order valence-corrected chi connectivity index (χ1v) is 12.7. The molecular formula is C29H33N7O4. The molecule has 208 valence electrons. The van der Waals surface area contributed by atoms with Crippen molar-refractivity contribution in [3.05, 3.63) is 53.0 Å². The van der Waals surface area contributed by atoms with Gasteiger partial charge in [0.15, 0.2) is 0 Å². The third-order valence-corrected chi connectivity index (χ3v) is 6.71. The largest absolute Gasteiger partial charge is 0.497 e. The summed E-state index contributed by atoms with van der Waals surface area (Å²) >= 11 is 0. The lowest BCUT2D eigenvalue weighted by molar-refractivity contribution is -0.125. The van der Waals surface area contributed by atoms with Crippen molar-refractivity contribution >= 4 is 22.8 Å². The first-order valence-electron chi connectivity index (χ1n) is 12.7. The molecule has 0 radical (unpaired) electrons. The van der Waals surface area contributed by atoms with Crippen LogP contribution in [-0.4, -0.2) is 85.3 Å². The molecule has 1 aliphatic rings. The molecule has 3 aromatic rings. The summed E-state index contributed by atoms with van der Waals surface area (Å²) in [7, 11) is 8.55. The van der Waals surface area contributed by atoms with Crippen molar-refractivity contribution in [3.63, 3.8) is 0 Å². The molecule has 1 saturated heterocycles. The van der Waals surface area contributed by atoms with Crippen LogP contribution in [0.2, 0.25) is 0 Å². The predicted octanol–water partition coefficient (Wildman–Crippen LogP) is 2.36. The summed E-state index contributed by atoms with van der Waals surface area (Å²) in [5, 5.41) is 10.2. The lowest BCUT2D eigenvalue weighted by Crippen LogP contribution is -2.30. The highest BCUT2D eigenvalue weighted by atomic mass is 16.5. The number of nitrogen functional groups attached to an aromatic ring is 1. The van der Waals surface area contributed by atoms with Crippen molar-refractivity contribution in [2.75, 3.05) is 60.8 Å². The number of carbonyl (C=O) groups excluding carboxylic acids is 1. The molecule has 40 heavy (non-hydrogen) atoms. The van der Waals surface area contributed by atoms with Crippen molar-refractivity contribution in [3.8, 4) is 29.4 Å². The van der Waals surface area contributed by atoms with Gasteiger partial charge in [0.2, 0.25) is 0 Å². The summed E-state index contributed by atoms with van der Waals surface area (Å²) in [5.41, 5.74) is 9.26. The average molecular weight is 544 g/mol.